The monoisotopic (exact) mass is 283 g/mol. The number of hydrogen-bond acceptors (Lipinski definition) is 5. The molecule has 1 N–H and O–H groups in total. The van der Waals surface area contributed by atoms with E-state index in [1.165, 1.54) is 7.11 Å². The maximum Gasteiger partial charge on any atom is 0.491 e. The third-order valence-corrected chi connectivity index (χ3v) is 3.31. The standard InChI is InChI=1S/C14H14BN3O3/c1-20-13-6-4-3-5-12(13)18-14-10(9-17-18)11(7-8-16-14)15(19)21-2/h3-9,19H,1-2H3. The molecule has 0 aliphatic rings. The van der Waals surface area contributed by atoms with Crippen molar-refractivity contribution >= 4 is 23.6 Å². The van der Waals surface area contributed by atoms with Gasteiger partial charge in [0.1, 0.15) is 11.4 Å². The highest BCUT2D eigenvalue weighted by molar-refractivity contribution is 6.63. The molecule has 2 heterocycles. The van der Waals surface area contributed by atoms with Gasteiger partial charge in [-0.05, 0) is 23.7 Å². The van der Waals surface area contributed by atoms with E-state index in [0.717, 1.165) is 11.1 Å². The van der Waals surface area contributed by atoms with Crippen LogP contribution < -0.4 is 10.2 Å². The zero-order valence-electron chi connectivity index (χ0n) is 11.7. The van der Waals surface area contributed by atoms with E-state index < -0.39 is 7.12 Å². The normalized spacial score (nSPS) is 10.8. The second kappa shape index (κ2) is 5.55. The number of pyridine rings is 1. The molecule has 0 saturated carbocycles. The minimum Gasteiger partial charge on any atom is -0.494 e. The van der Waals surface area contributed by atoms with Gasteiger partial charge < -0.3 is 14.4 Å². The van der Waals surface area contributed by atoms with Crippen molar-refractivity contribution in [1.29, 1.82) is 0 Å². The first-order valence-electron chi connectivity index (χ1n) is 6.43. The summed E-state index contributed by atoms with van der Waals surface area (Å²) in [6.45, 7) is 0. The lowest BCUT2D eigenvalue weighted by Crippen LogP contribution is -2.32. The zero-order chi connectivity index (χ0) is 14.8. The minimum atomic E-state index is -1.01. The van der Waals surface area contributed by atoms with E-state index in [9.17, 15) is 5.02 Å². The number of aromatic nitrogens is 3. The molecule has 0 aliphatic heterocycles. The molecule has 0 atom stereocenters. The van der Waals surface area contributed by atoms with Gasteiger partial charge in [-0.25, -0.2) is 9.67 Å². The van der Waals surface area contributed by atoms with Gasteiger partial charge in [-0.2, -0.15) is 5.10 Å². The van der Waals surface area contributed by atoms with Crippen molar-refractivity contribution < 1.29 is 14.4 Å². The Labute approximate surface area is 122 Å². The summed E-state index contributed by atoms with van der Waals surface area (Å²) in [4.78, 5) is 4.35. The van der Waals surface area contributed by atoms with E-state index >= 15 is 0 Å². The molecule has 0 saturated heterocycles. The average molecular weight is 283 g/mol. The first kappa shape index (κ1) is 13.6. The molecule has 0 radical (unpaired) electrons. The summed E-state index contributed by atoms with van der Waals surface area (Å²) in [6, 6.07) is 9.26. The van der Waals surface area contributed by atoms with Crippen LogP contribution in [0.5, 0.6) is 5.75 Å². The van der Waals surface area contributed by atoms with Crippen LogP contribution in [-0.4, -0.2) is 41.1 Å². The lowest BCUT2D eigenvalue weighted by atomic mass is 9.78. The van der Waals surface area contributed by atoms with Gasteiger partial charge in [-0.3, -0.25) is 0 Å². The first-order valence-corrected chi connectivity index (χ1v) is 6.43. The predicted octanol–water partition coefficient (Wildman–Crippen LogP) is 0.763. The van der Waals surface area contributed by atoms with Gasteiger partial charge >= 0.3 is 7.12 Å². The number of methoxy groups -OCH3 is 1. The Morgan fingerprint density at radius 1 is 1.19 bits per heavy atom. The van der Waals surface area contributed by atoms with E-state index in [4.69, 9.17) is 9.39 Å². The quantitative estimate of drug-likeness (QED) is 0.716. The number of para-hydroxylation sites is 2. The Kier molecular flexibility index (Phi) is 3.59. The minimum absolute atomic E-state index is 0.628. The molecule has 21 heavy (non-hydrogen) atoms. The van der Waals surface area contributed by atoms with Crippen LogP contribution in [0.1, 0.15) is 0 Å². The Hall–Kier alpha value is -2.38. The molecule has 2 aromatic heterocycles. The maximum atomic E-state index is 9.90. The summed E-state index contributed by atoms with van der Waals surface area (Å²) in [7, 11) is 2.05. The van der Waals surface area contributed by atoms with Gasteiger partial charge in [0.25, 0.3) is 0 Å². The van der Waals surface area contributed by atoms with Gasteiger partial charge in [-0.1, -0.05) is 12.1 Å². The van der Waals surface area contributed by atoms with Gasteiger partial charge in [0, 0.05) is 18.7 Å². The molecule has 0 amide bonds. The fraction of sp³-hybridized carbons (Fsp3) is 0.143. The Balaban J connectivity index is 2.22. The fourth-order valence-corrected chi connectivity index (χ4v) is 2.27. The molecule has 106 valence electrons. The molecule has 0 spiro atoms. The van der Waals surface area contributed by atoms with Crippen molar-refractivity contribution in [1.82, 2.24) is 14.8 Å². The van der Waals surface area contributed by atoms with Crippen molar-refractivity contribution in [2.75, 3.05) is 14.2 Å². The summed E-state index contributed by atoms with van der Waals surface area (Å²) in [5.74, 6) is 0.696. The summed E-state index contributed by atoms with van der Waals surface area (Å²) in [6.07, 6.45) is 3.28. The summed E-state index contributed by atoms with van der Waals surface area (Å²) < 4.78 is 12.0. The van der Waals surface area contributed by atoms with Crippen LogP contribution in [-0.2, 0) is 4.65 Å². The van der Waals surface area contributed by atoms with Gasteiger partial charge in [0.05, 0.1) is 13.3 Å². The summed E-state index contributed by atoms with van der Waals surface area (Å²) in [5.41, 5.74) is 2.04. The molecule has 6 nitrogen and oxygen atoms in total. The van der Waals surface area contributed by atoms with Gasteiger partial charge in [0.2, 0.25) is 0 Å². The highest BCUT2D eigenvalue weighted by atomic mass is 16.5. The third kappa shape index (κ3) is 2.26. The number of benzene rings is 1. The van der Waals surface area contributed by atoms with Crippen LogP contribution >= 0.6 is 0 Å². The lowest BCUT2D eigenvalue weighted by molar-refractivity contribution is 0.342. The topological polar surface area (TPSA) is 69.4 Å². The lowest BCUT2D eigenvalue weighted by Gasteiger charge is -2.09. The molecule has 7 heteroatoms. The average Bonchev–Trinajstić information content (AvgIpc) is 2.97. The van der Waals surface area contributed by atoms with E-state index in [1.807, 2.05) is 24.3 Å². The number of fused-ring (bicyclic) bond motifs is 1. The van der Waals surface area contributed by atoms with E-state index in [0.29, 0.717) is 16.9 Å². The van der Waals surface area contributed by atoms with Crippen molar-refractivity contribution in [3.05, 3.63) is 42.7 Å². The highest BCUT2D eigenvalue weighted by Crippen LogP contribution is 2.24. The molecule has 1 aromatic carbocycles. The van der Waals surface area contributed by atoms with Crippen LogP contribution in [0.4, 0.5) is 0 Å². The number of hydrogen-bond donors (Lipinski definition) is 1. The molecular weight excluding hydrogens is 269 g/mol. The predicted molar refractivity (Wildman–Crippen MR) is 80.0 cm³/mol. The van der Waals surface area contributed by atoms with Crippen LogP contribution in [0.25, 0.3) is 16.7 Å². The SMILES string of the molecule is COB(O)c1ccnc2c1cnn2-c1ccccc1OC. The van der Waals surface area contributed by atoms with Crippen molar-refractivity contribution in [2.24, 2.45) is 0 Å². The summed E-state index contributed by atoms with van der Waals surface area (Å²) >= 11 is 0. The van der Waals surface area contributed by atoms with E-state index in [-0.39, 0.29) is 0 Å². The number of ether oxygens (including phenoxy) is 1. The summed E-state index contributed by atoms with van der Waals surface area (Å²) in [5, 5.41) is 15.0. The maximum absolute atomic E-state index is 9.90. The van der Waals surface area contributed by atoms with Crippen LogP contribution in [0.3, 0.4) is 0 Å². The first-order chi connectivity index (χ1) is 10.3. The second-order valence-corrected chi connectivity index (χ2v) is 4.45. The molecule has 3 rings (SSSR count). The van der Waals surface area contributed by atoms with Crippen LogP contribution in [0.2, 0.25) is 0 Å². The Bertz CT molecular complexity index is 775. The highest BCUT2D eigenvalue weighted by Gasteiger charge is 2.21. The molecule has 0 fully saturated rings. The van der Waals surface area contributed by atoms with Gasteiger partial charge in [-0.15, -0.1) is 0 Å². The van der Waals surface area contributed by atoms with Crippen LogP contribution in [0.15, 0.2) is 42.7 Å². The Morgan fingerprint density at radius 2 is 2.00 bits per heavy atom. The second-order valence-electron chi connectivity index (χ2n) is 4.45. The van der Waals surface area contributed by atoms with Gasteiger partial charge in [0.15, 0.2) is 5.65 Å². The molecule has 0 bridgehead atoms. The van der Waals surface area contributed by atoms with Crippen LogP contribution in [0, 0.1) is 0 Å². The molecular formula is C14H14BN3O3. The van der Waals surface area contributed by atoms with Crippen molar-refractivity contribution in [2.45, 2.75) is 0 Å². The largest absolute Gasteiger partial charge is 0.494 e. The third-order valence-electron chi connectivity index (χ3n) is 3.31. The fourth-order valence-electron chi connectivity index (χ4n) is 2.27. The number of rotatable bonds is 4. The number of nitrogens with zero attached hydrogens (tertiary/aromatic N) is 3. The van der Waals surface area contributed by atoms with E-state index in [2.05, 4.69) is 10.1 Å². The van der Waals surface area contributed by atoms with Crippen molar-refractivity contribution in [3.63, 3.8) is 0 Å². The zero-order valence-corrected chi connectivity index (χ0v) is 11.7. The Morgan fingerprint density at radius 3 is 2.76 bits per heavy atom. The van der Waals surface area contributed by atoms with Crippen molar-refractivity contribution in [3.8, 4) is 11.4 Å². The van der Waals surface area contributed by atoms with E-state index in [1.54, 1.807) is 30.3 Å². The molecule has 3 aromatic rings. The smallest absolute Gasteiger partial charge is 0.491 e. The molecule has 0 aliphatic carbocycles. The molecule has 0 unspecified atom stereocenters.